The third kappa shape index (κ3) is 3.38. The van der Waals surface area contributed by atoms with Crippen LogP contribution in [0.15, 0.2) is 0 Å². The molecule has 94 valence electrons. The highest BCUT2D eigenvalue weighted by Crippen LogP contribution is 2.24. The molecular weight excluding hydrogens is 212 g/mol. The predicted molar refractivity (Wildman–Crippen MR) is 69.0 cm³/mol. The van der Waals surface area contributed by atoms with Crippen LogP contribution in [0.25, 0.3) is 0 Å². The van der Waals surface area contributed by atoms with Gasteiger partial charge in [0.2, 0.25) is 5.95 Å². The van der Waals surface area contributed by atoms with E-state index in [4.69, 9.17) is 0 Å². The van der Waals surface area contributed by atoms with Crippen LogP contribution in [-0.2, 0) is 0 Å². The van der Waals surface area contributed by atoms with Crippen molar-refractivity contribution in [2.24, 2.45) is 5.92 Å². The zero-order valence-electron chi connectivity index (χ0n) is 11.0. The van der Waals surface area contributed by atoms with Crippen LogP contribution in [0.1, 0.15) is 50.4 Å². The van der Waals surface area contributed by atoms with Crippen molar-refractivity contribution in [2.75, 3.05) is 5.32 Å². The molecule has 4 nitrogen and oxygen atoms in total. The van der Waals surface area contributed by atoms with Gasteiger partial charge in [-0.3, -0.25) is 0 Å². The maximum atomic E-state index is 4.43. The minimum absolute atomic E-state index is 0.517. The topological polar surface area (TPSA) is 50.7 Å². The molecule has 2 rings (SSSR count). The molecule has 0 aliphatic heterocycles. The standard InChI is InChI=1S/C13H22N4/c1-9-5-4-6-12(8-7-9)15-13-14-10(2)11(3)16-17-13/h9,12H,4-8H2,1-3H3,(H,14,15,17). The highest BCUT2D eigenvalue weighted by molar-refractivity contribution is 5.26. The van der Waals surface area contributed by atoms with Crippen LogP contribution < -0.4 is 5.32 Å². The zero-order valence-corrected chi connectivity index (χ0v) is 11.0. The average Bonchev–Trinajstić information content (AvgIpc) is 2.49. The maximum absolute atomic E-state index is 4.43. The molecule has 1 N–H and O–H groups in total. The van der Waals surface area contributed by atoms with Gasteiger partial charge in [0.15, 0.2) is 0 Å². The molecule has 1 fully saturated rings. The lowest BCUT2D eigenvalue weighted by atomic mass is 10.0. The molecule has 0 saturated heterocycles. The quantitative estimate of drug-likeness (QED) is 0.799. The van der Waals surface area contributed by atoms with Crippen LogP contribution in [0.3, 0.4) is 0 Å². The molecular formula is C13H22N4. The Bertz CT molecular complexity index is 378. The second-order valence-electron chi connectivity index (χ2n) is 5.26. The molecule has 0 radical (unpaired) electrons. The fraction of sp³-hybridized carbons (Fsp3) is 0.769. The molecule has 2 atom stereocenters. The van der Waals surface area contributed by atoms with E-state index in [9.17, 15) is 0 Å². The van der Waals surface area contributed by atoms with E-state index in [1.807, 2.05) is 13.8 Å². The zero-order chi connectivity index (χ0) is 12.3. The van der Waals surface area contributed by atoms with E-state index in [-0.39, 0.29) is 0 Å². The SMILES string of the molecule is Cc1nnc(NC2CCCC(C)CC2)nc1C. The summed E-state index contributed by atoms with van der Waals surface area (Å²) in [7, 11) is 0. The van der Waals surface area contributed by atoms with Gasteiger partial charge in [-0.05, 0) is 39.0 Å². The molecule has 1 aromatic rings. The first-order valence-corrected chi connectivity index (χ1v) is 6.59. The summed E-state index contributed by atoms with van der Waals surface area (Å²) in [6.45, 7) is 6.26. The molecule has 4 heteroatoms. The monoisotopic (exact) mass is 234 g/mol. The van der Waals surface area contributed by atoms with Crippen LogP contribution in [0.5, 0.6) is 0 Å². The van der Waals surface area contributed by atoms with Gasteiger partial charge in [0.1, 0.15) is 0 Å². The highest BCUT2D eigenvalue weighted by atomic mass is 15.2. The van der Waals surface area contributed by atoms with Gasteiger partial charge in [0.05, 0.1) is 11.4 Å². The van der Waals surface area contributed by atoms with Crippen LogP contribution in [0.4, 0.5) is 5.95 Å². The van der Waals surface area contributed by atoms with Crippen LogP contribution in [-0.4, -0.2) is 21.2 Å². The number of hydrogen-bond donors (Lipinski definition) is 1. The Labute approximate surface area is 103 Å². The Kier molecular flexibility index (Phi) is 3.92. The van der Waals surface area contributed by atoms with Crippen molar-refractivity contribution < 1.29 is 0 Å². The van der Waals surface area contributed by atoms with E-state index >= 15 is 0 Å². The van der Waals surface area contributed by atoms with Gasteiger partial charge < -0.3 is 5.32 Å². The maximum Gasteiger partial charge on any atom is 0.243 e. The summed E-state index contributed by atoms with van der Waals surface area (Å²) in [5.41, 5.74) is 1.87. The van der Waals surface area contributed by atoms with E-state index in [1.165, 1.54) is 32.1 Å². The van der Waals surface area contributed by atoms with E-state index < -0.39 is 0 Å². The van der Waals surface area contributed by atoms with Crippen molar-refractivity contribution in [2.45, 2.75) is 58.9 Å². The fourth-order valence-electron chi connectivity index (χ4n) is 2.33. The summed E-state index contributed by atoms with van der Waals surface area (Å²) in [4.78, 5) is 4.43. The van der Waals surface area contributed by atoms with E-state index in [2.05, 4.69) is 27.4 Å². The third-order valence-corrected chi connectivity index (χ3v) is 3.68. The molecule has 0 bridgehead atoms. The summed E-state index contributed by atoms with van der Waals surface area (Å²) in [5.74, 6) is 1.55. The molecule has 0 aromatic carbocycles. The molecule has 0 amide bonds. The molecule has 1 aromatic heterocycles. The first-order chi connectivity index (χ1) is 8.15. The number of nitrogens with zero attached hydrogens (tertiary/aromatic N) is 3. The van der Waals surface area contributed by atoms with E-state index in [1.54, 1.807) is 0 Å². The van der Waals surface area contributed by atoms with Crippen LogP contribution >= 0.6 is 0 Å². The molecule has 1 heterocycles. The lowest BCUT2D eigenvalue weighted by Gasteiger charge is -2.16. The van der Waals surface area contributed by atoms with Crippen LogP contribution in [0.2, 0.25) is 0 Å². The normalized spacial score (nSPS) is 25.4. The molecule has 0 spiro atoms. The highest BCUT2D eigenvalue weighted by Gasteiger charge is 2.17. The lowest BCUT2D eigenvalue weighted by Crippen LogP contribution is -2.21. The molecule has 1 saturated carbocycles. The molecule has 2 unspecified atom stereocenters. The Morgan fingerprint density at radius 2 is 1.82 bits per heavy atom. The van der Waals surface area contributed by atoms with Crippen molar-refractivity contribution in [3.63, 3.8) is 0 Å². The summed E-state index contributed by atoms with van der Waals surface area (Å²) in [6, 6.07) is 0.517. The first-order valence-electron chi connectivity index (χ1n) is 6.59. The van der Waals surface area contributed by atoms with Gasteiger partial charge in [0, 0.05) is 6.04 Å². The average molecular weight is 234 g/mol. The molecule has 1 aliphatic carbocycles. The van der Waals surface area contributed by atoms with Gasteiger partial charge >= 0.3 is 0 Å². The first kappa shape index (κ1) is 12.3. The second kappa shape index (κ2) is 5.43. The number of rotatable bonds is 2. The number of anilines is 1. The largest absolute Gasteiger partial charge is 0.350 e. The summed E-state index contributed by atoms with van der Waals surface area (Å²) < 4.78 is 0. The minimum atomic E-state index is 0.517. The predicted octanol–water partition coefficient (Wildman–Crippen LogP) is 2.87. The van der Waals surface area contributed by atoms with Gasteiger partial charge in [-0.1, -0.05) is 19.8 Å². The second-order valence-corrected chi connectivity index (χ2v) is 5.26. The van der Waals surface area contributed by atoms with Crippen molar-refractivity contribution in [3.8, 4) is 0 Å². The van der Waals surface area contributed by atoms with Crippen molar-refractivity contribution in [1.29, 1.82) is 0 Å². The fourth-order valence-corrected chi connectivity index (χ4v) is 2.33. The van der Waals surface area contributed by atoms with E-state index in [0.717, 1.165) is 17.3 Å². The Morgan fingerprint density at radius 1 is 1.00 bits per heavy atom. The smallest absolute Gasteiger partial charge is 0.243 e. The number of nitrogens with one attached hydrogen (secondary N) is 1. The Balaban J connectivity index is 1.97. The minimum Gasteiger partial charge on any atom is -0.350 e. The summed E-state index contributed by atoms with van der Waals surface area (Å²) >= 11 is 0. The van der Waals surface area contributed by atoms with Crippen molar-refractivity contribution in [3.05, 3.63) is 11.4 Å². The van der Waals surface area contributed by atoms with Crippen LogP contribution in [0, 0.1) is 19.8 Å². The Morgan fingerprint density at radius 3 is 2.59 bits per heavy atom. The van der Waals surface area contributed by atoms with Gasteiger partial charge in [0.25, 0.3) is 0 Å². The molecule has 17 heavy (non-hydrogen) atoms. The third-order valence-electron chi connectivity index (χ3n) is 3.68. The molecule has 1 aliphatic rings. The number of aromatic nitrogens is 3. The number of aryl methyl sites for hydroxylation is 2. The van der Waals surface area contributed by atoms with Gasteiger partial charge in [-0.25, -0.2) is 4.98 Å². The summed E-state index contributed by atoms with van der Waals surface area (Å²) in [5, 5.41) is 11.6. The van der Waals surface area contributed by atoms with Crippen molar-refractivity contribution >= 4 is 5.95 Å². The van der Waals surface area contributed by atoms with Gasteiger partial charge in [-0.2, -0.15) is 5.10 Å². The van der Waals surface area contributed by atoms with Crippen molar-refractivity contribution in [1.82, 2.24) is 15.2 Å². The summed E-state index contributed by atoms with van der Waals surface area (Å²) in [6.07, 6.45) is 6.40. The Hall–Kier alpha value is -1.19. The van der Waals surface area contributed by atoms with Gasteiger partial charge in [-0.15, -0.1) is 5.10 Å². The number of hydrogen-bond acceptors (Lipinski definition) is 4. The van der Waals surface area contributed by atoms with E-state index in [0.29, 0.717) is 12.0 Å². The lowest BCUT2D eigenvalue weighted by molar-refractivity contribution is 0.501.